The van der Waals surface area contributed by atoms with Gasteiger partial charge in [-0.3, -0.25) is 9.69 Å². The van der Waals surface area contributed by atoms with E-state index in [9.17, 15) is 10.1 Å². The second-order valence-corrected chi connectivity index (χ2v) is 6.93. The fraction of sp³-hybridized carbons (Fsp3) is 0.364. The molecule has 0 saturated carbocycles. The Labute approximate surface area is 161 Å². The lowest BCUT2D eigenvalue weighted by molar-refractivity contribution is -0.117. The normalized spacial score (nSPS) is 10.7. The summed E-state index contributed by atoms with van der Waals surface area (Å²) in [7, 11) is 0. The molecule has 1 heterocycles. The van der Waals surface area contributed by atoms with Crippen LogP contribution < -0.4 is 5.32 Å². The van der Waals surface area contributed by atoms with E-state index >= 15 is 0 Å². The third-order valence-corrected chi connectivity index (χ3v) is 4.69. The van der Waals surface area contributed by atoms with Gasteiger partial charge >= 0.3 is 0 Å². The lowest BCUT2D eigenvalue weighted by atomic mass is 10.2. The number of nitrogens with zero attached hydrogens (tertiary/aromatic N) is 3. The maximum atomic E-state index is 12.7. The smallest absolute Gasteiger partial charge is 0.239 e. The predicted octanol–water partition coefficient (Wildman–Crippen LogP) is 3.86. The first kappa shape index (κ1) is 20.5. The number of nitrogens with one attached hydrogen (secondary N) is 1. The Morgan fingerprint density at radius 1 is 1.26 bits per heavy atom. The number of hydrogen-bond donors (Lipinski definition) is 1. The number of anilines is 1. The Bertz CT molecular complexity index is 859. The molecule has 5 heteroatoms. The highest BCUT2D eigenvalue weighted by Crippen LogP contribution is 2.27. The summed E-state index contributed by atoms with van der Waals surface area (Å²) in [4.78, 5) is 14.7. The van der Waals surface area contributed by atoms with Crippen molar-refractivity contribution in [1.82, 2.24) is 9.47 Å². The van der Waals surface area contributed by atoms with Crippen LogP contribution in [0.1, 0.15) is 36.2 Å². The molecule has 2 aromatic rings. The number of nitriles is 1. The molecule has 0 saturated heterocycles. The monoisotopic (exact) mass is 364 g/mol. The van der Waals surface area contributed by atoms with Crippen LogP contribution in [0.5, 0.6) is 0 Å². The number of aromatic nitrogens is 1. The first-order chi connectivity index (χ1) is 12.9. The Kier molecular flexibility index (Phi) is 6.98. The molecule has 2 rings (SSSR count). The minimum atomic E-state index is -0.124. The average molecular weight is 364 g/mol. The molecule has 5 nitrogen and oxygen atoms in total. The lowest BCUT2D eigenvalue weighted by Crippen LogP contribution is -2.34. The summed E-state index contributed by atoms with van der Waals surface area (Å²) in [5.74, 6) is 0.453. The van der Waals surface area contributed by atoms with Crippen LogP contribution in [0.2, 0.25) is 0 Å². The standard InChI is InChI=1S/C22H28N4O/c1-6-25(13-16(2)3)15-21(27)24-22-20(12-23)17(4)18(5)26(22)14-19-10-8-7-9-11-19/h7-11H,2,6,13-15H2,1,3-5H3,(H,24,27). The van der Waals surface area contributed by atoms with E-state index in [4.69, 9.17) is 0 Å². The zero-order chi connectivity index (χ0) is 20.0. The minimum Gasteiger partial charge on any atom is -0.326 e. The molecule has 0 aliphatic heterocycles. The summed E-state index contributed by atoms with van der Waals surface area (Å²) in [6.45, 7) is 14.1. The highest BCUT2D eigenvalue weighted by atomic mass is 16.2. The van der Waals surface area contributed by atoms with Crippen LogP contribution in [0.15, 0.2) is 42.5 Å². The van der Waals surface area contributed by atoms with Crippen molar-refractivity contribution in [2.24, 2.45) is 0 Å². The minimum absolute atomic E-state index is 0.124. The van der Waals surface area contributed by atoms with Gasteiger partial charge < -0.3 is 9.88 Å². The van der Waals surface area contributed by atoms with Gasteiger partial charge in [0.05, 0.1) is 12.1 Å². The average Bonchev–Trinajstić information content (AvgIpc) is 2.85. The fourth-order valence-corrected chi connectivity index (χ4v) is 3.13. The van der Waals surface area contributed by atoms with Crippen LogP contribution >= 0.6 is 0 Å². The molecule has 27 heavy (non-hydrogen) atoms. The van der Waals surface area contributed by atoms with Crippen LogP contribution in [0, 0.1) is 25.2 Å². The number of benzene rings is 1. The first-order valence-electron chi connectivity index (χ1n) is 9.17. The zero-order valence-corrected chi connectivity index (χ0v) is 16.7. The number of carbonyl (C=O) groups is 1. The van der Waals surface area contributed by atoms with Crippen molar-refractivity contribution in [3.8, 4) is 6.07 Å². The van der Waals surface area contributed by atoms with Crippen molar-refractivity contribution in [2.45, 2.75) is 34.2 Å². The Morgan fingerprint density at radius 2 is 1.93 bits per heavy atom. The van der Waals surface area contributed by atoms with Crippen molar-refractivity contribution in [2.75, 3.05) is 25.0 Å². The van der Waals surface area contributed by atoms with Gasteiger partial charge in [0.25, 0.3) is 0 Å². The summed E-state index contributed by atoms with van der Waals surface area (Å²) in [5, 5.41) is 12.6. The Balaban J connectivity index is 2.29. The zero-order valence-electron chi connectivity index (χ0n) is 16.7. The van der Waals surface area contributed by atoms with Gasteiger partial charge in [0.2, 0.25) is 5.91 Å². The van der Waals surface area contributed by atoms with Crippen molar-refractivity contribution >= 4 is 11.7 Å². The first-order valence-corrected chi connectivity index (χ1v) is 9.17. The number of carbonyl (C=O) groups excluding carboxylic acids is 1. The molecule has 0 unspecified atom stereocenters. The molecule has 142 valence electrons. The molecule has 1 N–H and O–H groups in total. The van der Waals surface area contributed by atoms with Crippen molar-refractivity contribution in [3.63, 3.8) is 0 Å². The quantitative estimate of drug-likeness (QED) is 0.724. The molecule has 1 amide bonds. The SMILES string of the molecule is C=C(C)CN(CC)CC(=O)Nc1c(C#N)c(C)c(C)n1Cc1ccccc1. The van der Waals surface area contributed by atoms with Crippen molar-refractivity contribution in [3.05, 3.63) is 64.9 Å². The largest absolute Gasteiger partial charge is 0.326 e. The Morgan fingerprint density at radius 3 is 2.48 bits per heavy atom. The topological polar surface area (TPSA) is 61.1 Å². The fourth-order valence-electron chi connectivity index (χ4n) is 3.13. The molecule has 0 atom stereocenters. The highest BCUT2D eigenvalue weighted by Gasteiger charge is 2.20. The van der Waals surface area contributed by atoms with Gasteiger partial charge in [0.15, 0.2) is 0 Å². The van der Waals surface area contributed by atoms with Gasteiger partial charge in [-0.15, -0.1) is 0 Å². The number of rotatable bonds is 8. The molecule has 0 bridgehead atoms. The second kappa shape index (κ2) is 9.20. The van der Waals surface area contributed by atoms with Crippen molar-refractivity contribution < 1.29 is 4.79 Å². The van der Waals surface area contributed by atoms with E-state index in [1.807, 2.05) is 67.5 Å². The van der Waals surface area contributed by atoms with Gasteiger partial charge in [-0.25, -0.2) is 0 Å². The van der Waals surface area contributed by atoms with Gasteiger partial charge in [0.1, 0.15) is 11.9 Å². The maximum absolute atomic E-state index is 12.7. The van der Waals surface area contributed by atoms with E-state index in [0.717, 1.165) is 28.9 Å². The van der Waals surface area contributed by atoms with Crippen LogP contribution in [0.3, 0.4) is 0 Å². The van der Waals surface area contributed by atoms with E-state index in [0.29, 0.717) is 24.5 Å². The molecule has 1 aromatic carbocycles. The van der Waals surface area contributed by atoms with E-state index < -0.39 is 0 Å². The van der Waals surface area contributed by atoms with Gasteiger partial charge in [0, 0.05) is 18.8 Å². The Hall–Kier alpha value is -2.84. The van der Waals surface area contributed by atoms with Crippen LogP contribution in [-0.4, -0.2) is 35.0 Å². The van der Waals surface area contributed by atoms with Crippen LogP contribution in [-0.2, 0) is 11.3 Å². The number of amides is 1. The van der Waals surface area contributed by atoms with E-state index in [1.54, 1.807) is 0 Å². The van der Waals surface area contributed by atoms with E-state index in [-0.39, 0.29) is 12.5 Å². The molecular weight excluding hydrogens is 336 g/mol. The molecule has 1 aromatic heterocycles. The van der Waals surface area contributed by atoms with Gasteiger partial charge in [-0.1, -0.05) is 49.4 Å². The third kappa shape index (κ3) is 5.08. The second-order valence-electron chi connectivity index (χ2n) is 6.93. The van der Waals surface area contributed by atoms with Gasteiger partial charge in [-0.2, -0.15) is 5.26 Å². The summed E-state index contributed by atoms with van der Waals surface area (Å²) in [6.07, 6.45) is 0. The summed E-state index contributed by atoms with van der Waals surface area (Å²) in [6, 6.07) is 12.3. The van der Waals surface area contributed by atoms with Crippen LogP contribution in [0.4, 0.5) is 5.82 Å². The number of likely N-dealkylation sites (N-methyl/N-ethyl adjacent to an activating group) is 1. The highest BCUT2D eigenvalue weighted by molar-refractivity contribution is 5.93. The van der Waals surface area contributed by atoms with E-state index in [2.05, 4.69) is 18.0 Å². The maximum Gasteiger partial charge on any atom is 0.239 e. The molecule has 0 spiro atoms. The summed E-state index contributed by atoms with van der Waals surface area (Å²) >= 11 is 0. The molecule has 0 fully saturated rings. The predicted molar refractivity (Wildman–Crippen MR) is 110 cm³/mol. The lowest BCUT2D eigenvalue weighted by Gasteiger charge is -2.20. The van der Waals surface area contributed by atoms with Gasteiger partial charge in [-0.05, 0) is 38.4 Å². The number of hydrogen-bond acceptors (Lipinski definition) is 3. The van der Waals surface area contributed by atoms with Crippen molar-refractivity contribution in [1.29, 1.82) is 5.26 Å². The van der Waals surface area contributed by atoms with E-state index in [1.165, 1.54) is 0 Å². The molecule has 0 radical (unpaired) electrons. The molecule has 0 aliphatic rings. The summed E-state index contributed by atoms with van der Waals surface area (Å²) in [5.41, 5.74) is 4.55. The molecule has 0 aliphatic carbocycles. The van der Waals surface area contributed by atoms with Crippen LogP contribution in [0.25, 0.3) is 0 Å². The molecular formula is C22H28N4O. The summed E-state index contributed by atoms with van der Waals surface area (Å²) < 4.78 is 2.01. The third-order valence-electron chi connectivity index (χ3n) is 4.69.